The van der Waals surface area contributed by atoms with Gasteiger partial charge in [-0.2, -0.15) is 0 Å². The Bertz CT molecular complexity index is 627. The zero-order valence-corrected chi connectivity index (χ0v) is 13.3. The van der Waals surface area contributed by atoms with Gasteiger partial charge in [-0.1, -0.05) is 24.3 Å². The molecule has 23 heavy (non-hydrogen) atoms. The third-order valence-electron chi connectivity index (χ3n) is 4.55. The van der Waals surface area contributed by atoms with Gasteiger partial charge in [0, 0.05) is 13.1 Å². The van der Waals surface area contributed by atoms with E-state index >= 15 is 0 Å². The lowest BCUT2D eigenvalue weighted by atomic mass is 9.98. The van der Waals surface area contributed by atoms with Crippen LogP contribution in [-0.4, -0.2) is 36.8 Å². The fourth-order valence-corrected chi connectivity index (χ4v) is 3.18. The van der Waals surface area contributed by atoms with Gasteiger partial charge in [0.05, 0.1) is 13.2 Å². The molecule has 1 saturated heterocycles. The molecule has 0 aromatic heterocycles. The summed E-state index contributed by atoms with van der Waals surface area (Å²) in [4.78, 5) is 2.27. The first-order valence-electron chi connectivity index (χ1n) is 7.95. The van der Waals surface area contributed by atoms with Gasteiger partial charge in [-0.25, -0.2) is 4.39 Å². The molecule has 0 saturated carbocycles. The van der Waals surface area contributed by atoms with Gasteiger partial charge in [0.2, 0.25) is 0 Å². The van der Waals surface area contributed by atoms with Gasteiger partial charge in [-0.3, -0.25) is 4.90 Å². The van der Waals surface area contributed by atoms with E-state index in [1.807, 2.05) is 12.1 Å². The Morgan fingerprint density at radius 1 is 1.17 bits per heavy atom. The average Bonchev–Trinajstić information content (AvgIpc) is 3.04. The Morgan fingerprint density at radius 3 is 2.52 bits per heavy atom. The van der Waals surface area contributed by atoms with Crippen LogP contribution in [0.4, 0.5) is 4.39 Å². The number of aliphatic hydroxyl groups excluding tert-OH is 1. The molecule has 2 atom stereocenters. The van der Waals surface area contributed by atoms with Crippen LogP contribution >= 0.6 is 0 Å². The second kappa shape index (κ2) is 7.11. The van der Waals surface area contributed by atoms with Crippen LogP contribution in [-0.2, 0) is 0 Å². The van der Waals surface area contributed by atoms with E-state index < -0.39 is 6.10 Å². The number of β-amino-alcohol motifs (C(OH)–C–C–N with tert-alkyl or cyclic N) is 1. The predicted molar refractivity (Wildman–Crippen MR) is 88.2 cm³/mol. The van der Waals surface area contributed by atoms with E-state index in [0.717, 1.165) is 30.8 Å². The van der Waals surface area contributed by atoms with E-state index in [2.05, 4.69) is 17.0 Å². The van der Waals surface area contributed by atoms with Crippen LogP contribution < -0.4 is 4.74 Å². The molecule has 0 aliphatic carbocycles. The van der Waals surface area contributed by atoms with Gasteiger partial charge in [0.15, 0.2) is 0 Å². The number of hydrogen-bond acceptors (Lipinski definition) is 3. The molecule has 1 aliphatic heterocycles. The number of likely N-dealkylation sites (tertiary alicyclic amines) is 1. The summed E-state index contributed by atoms with van der Waals surface area (Å²) in [6.07, 6.45) is 0.507. The highest BCUT2D eigenvalue weighted by Gasteiger charge is 2.25. The lowest BCUT2D eigenvalue weighted by Crippen LogP contribution is -2.26. The average molecular weight is 315 g/mol. The predicted octanol–water partition coefficient (Wildman–Crippen LogP) is 3.36. The van der Waals surface area contributed by atoms with Gasteiger partial charge in [0.25, 0.3) is 0 Å². The van der Waals surface area contributed by atoms with Crippen molar-refractivity contribution in [1.82, 2.24) is 4.90 Å². The Hall–Kier alpha value is -1.91. The number of ether oxygens (including phenoxy) is 1. The van der Waals surface area contributed by atoms with Crippen LogP contribution in [0.25, 0.3) is 0 Å². The number of halogens is 1. The van der Waals surface area contributed by atoms with Crippen molar-refractivity contribution in [3.05, 3.63) is 65.5 Å². The van der Waals surface area contributed by atoms with Gasteiger partial charge < -0.3 is 9.84 Å². The molecule has 0 spiro atoms. The van der Waals surface area contributed by atoms with E-state index in [1.54, 1.807) is 19.2 Å². The second-order valence-corrected chi connectivity index (χ2v) is 6.09. The third-order valence-corrected chi connectivity index (χ3v) is 4.55. The first-order valence-corrected chi connectivity index (χ1v) is 7.95. The highest BCUT2D eigenvalue weighted by Crippen LogP contribution is 2.29. The molecule has 4 heteroatoms. The lowest BCUT2D eigenvalue weighted by Gasteiger charge is -2.20. The molecule has 2 aromatic rings. The van der Waals surface area contributed by atoms with Crippen LogP contribution in [0.5, 0.6) is 5.75 Å². The highest BCUT2D eigenvalue weighted by atomic mass is 19.1. The van der Waals surface area contributed by atoms with Crippen LogP contribution in [0, 0.1) is 5.82 Å². The summed E-state index contributed by atoms with van der Waals surface area (Å²) in [6, 6.07) is 14.3. The molecule has 0 bridgehead atoms. The summed E-state index contributed by atoms with van der Waals surface area (Å²) in [5.41, 5.74) is 2.07. The maximum Gasteiger partial charge on any atom is 0.123 e. The van der Waals surface area contributed by atoms with Crippen molar-refractivity contribution >= 4 is 0 Å². The van der Waals surface area contributed by atoms with Crippen LogP contribution in [0.2, 0.25) is 0 Å². The molecule has 1 aliphatic rings. The number of hydrogen-bond donors (Lipinski definition) is 1. The molecule has 1 N–H and O–H groups in total. The SMILES string of the molecule is COc1ccc(C2CCN(CC(O)c3ccc(F)cc3)C2)cc1. The topological polar surface area (TPSA) is 32.7 Å². The van der Waals surface area contributed by atoms with Crippen molar-refractivity contribution in [2.24, 2.45) is 0 Å². The number of methoxy groups -OCH3 is 1. The Kier molecular flexibility index (Phi) is 4.94. The zero-order valence-electron chi connectivity index (χ0n) is 13.3. The molecular formula is C19H22FNO2. The second-order valence-electron chi connectivity index (χ2n) is 6.09. The number of aliphatic hydroxyl groups is 1. The van der Waals surface area contributed by atoms with E-state index in [4.69, 9.17) is 4.74 Å². The number of rotatable bonds is 5. The molecule has 0 radical (unpaired) electrons. The minimum atomic E-state index is -0.579. The fraction of sp³-hybridized carbons (Fsp3) is 0.368. The quantitative estimate of drug-likeness (QED) is 0.918. The smallest absolute Gasteiger partial charge is 0.123 e. The normalized spacial score (nSPS) is 19.7. The van der Waals surface area contributed by atoms with Crippen LogP contribution in [0.3, 0.4) is 0 Å². The van der Waals surface area contributed by atoms with Crippen LogP contribution in [0.15, 0.2) is 48.5 Å². The Labute approximate surface area is 136 Å². The minimum Gasteiger partial charge on any atom is -0.497 e. The van der Waals surface area contributed by atoms with Crippen molar-refractivity contribution in [2.75, 3.05) is 26.7 Å². The summed E-state index contributed by atoms with van der Waals surface area (Å²) in [6.45, 7) is 2.48. The Morgan fingerprint density at radius 2 is 1.87 bits per heavy atom. The van der Waals surface area contributed by atoms with E-state index in [9.17, 15) is 9.50 Å². The van der Waals surface area contributed by atoms with Crippen molar-refractivity contribution < 1.29 is 14.2 Å². The molecule has 122 valence electrons. The van der Waals surface area contributed by atoms with Gasteiger partial charge in [-0.15, -0.1) is 0 Å². The van der Waals surface area contributed by atoms with Crippen molar-refractivity contribution in [3.8, 4) is 5.75 Å². The molecule has 2 aromatic carbocycles. The largest absolute Gasteiger partial charge is 0.497 e. The maximum absolute atomic E-state index is 12.9. The standard InChI is InChI=1S/C19H22FNO2/c1-23-18-8-4-14(5-9-18)16-10-11-21(12-16)13-19(22)15-2-6-17(20)7-3-15/h2-9,16,19,22H,10-13H2,1H3. The molecule has 3 nitrogen and oxygen atoms in total. The van der Waals surface area contributed by atoms with Gasteiger partial charge in [-0.05, 0) is 54.3 Å². The Balaban J connectivity index is 1.57. The molecule has 3 rings (SSSR count). The first kappa shape index (κ1) is 16.0. The molecule has 0 amide bonds. The third kappa shape index (κ3) is 3.89. The molecule has 2 unspecified atom stereocenters. The lowest BCUT2D eigenvalue weighted by molar-refractivity contribution is 0.125. The molecule has 1 heterocycles. The van der Waals surface area contributed by atoms with E-state index in [1.165, 1.54) is 17.7 Å². The van der Waals surface area contributed by atoms with Gasteiger partial charge >= 0.3 is 0 Å². The summed E-state index contributed by atoms with van der Waals surface area (Å²) in [7, 11) is 1.67. The monoisotopic (exact) mass is 315 g/mol. The summed E-state index contributed by atoms with van der Waals surface area (Å²) in [5, 5.41) is 10.3. The zero-order chi connectivity index (χ0) is 16.2. The maximum atomic E-state index is 12.9. The summed E-state index contributed by atoms with van der Waals surface area (Å²) in [5.74, 6) is 1.08. The first-order chi connectivity index (χ1) is 11.2. The summed E-state index contributed by atoms with van der Waals surface area (Å²) >= 11 is 0. The highest BCUT2D eigenvalue weighted by molar-refractivity contribution is 5.30. The van der Waals surface area contributed by atoms with Crippen molar-refractivity contribution in [3.63, 3.8) is 0 Å². The summed E-state index contributed by atoms with van der Waals surface area (Å²) < 4.78 is 18.1. The molecule has 1 fully saturated rings. The van der Waals surface area contributed by atoms with E-state index in [0.29, 0.717) is 12.5 Å². The molecular weight excluding hydrogens is 293 g/mol. The van der Waals surface area contributed by atoms with Crippen LogP contribution in [0.1, 0.15) is 29.6 Å². The minimum absolute atomic E-state index is 0.276. The van der Waals surface area contributed by atoms with E-state index in [-0.39, 0.29) is 5.82 Å². The fourth-order valence-electron chi connectivity index (χ4n) is 3.18. The number of benzene rings is 2. The van der Waals surface area contributed by atoms with Crippen molar-refractivity contribution in [2.45, 2.75) is 18.4 Å². The van der Waals surface area contributed by atoms with Crippen molar-refractivity contribution in [1.29, 1.82) is 0 Å². The number of nitrogens with zero attached hydrogens (tertiary/aromatic N) is 1. The van der Waals surface area contributed by atoms with Gasteiger partial charge in [0.1, 0.15) is 11.6 Å².